The van der Waals surface area contributed by atoms with Gasteiger partial charge in [0, 0.05) is 12.2 Å². The fraction of sp³-hybridized carbons (Fsp3) is 0.778. The van der Waals surface area contributed by atoms with Crippen LogP contribution in [0.25, 0.3) is 0 Å². The van der Waals surface area contributed by atoms with Gasteiger partial charge >= 0.3 is 0 Å². The number of H-pyrrole nitrogens is 1. The van der Waals surface area contributed by atoms with Crippen LogP contribution in [0.3, 0.4) is 0 Å². The lowest BCUT2D eigenvalue weighted by molar-refractivity contribution is -0.168. The molecule has 1 aromatic heterocycles. The van der Waals surface area contributed by atoms with Crippen LogP contribution in [0.2, 0.25) is 0 Å². The average Bonchev–Trinajstić information content (AvgIpc) is 2.95. The number of hydrogen-bond acceptors (Lipinski definition) is 3. The Morgan fingerprint density at radius 1 is 1.22 bits per heavy atom. The second-order valence-corrected chi connectivity index (χ2v) is 7.48. The van der Waals surface area contributed by atoms with Gasteiger partial charge in [0.15, 0.2) is 0 Å². The van der Waals surface area contributed by atoms with Gasteiger partial charge in [-0.15, -0.1) is 0 Å². The van der Waals surface area contributed by atoms with E-state index in [0.29, 0.717) is 13.0 Å². The number of fused-ring (bicyclic) bond motifs is 1. The Kier molecular flexibility index (Phi) is 4.14. The molecule has 1 saturated heterocycles. The van der Waals surface area contributed by atoms with E-state index in [4.69, 9.17) is 4.74 Å². The SMILES string of the molecule is O=C(Cc1n[nH]c2c1CCCC2)NC[C@H]1CCCC2(CCC2)O1. The Hall–Kier alpha value is -1.36. The Balaban J connectivity index is 1.28. The first-order chi connectivity index (χ1) is 11.2. The number of nitrogens with zero attached hydrogens (tertiary/aromatic N) is 1. The normalized spacial score (nSPS) is 25.7. The van der Waals surface area contributed by atoms with Crippen LogP contribution < -0.4 is 5.32 Å². The zero-order valence-corrected chi connectivity index (χ0v) is 13.8. The summed E-state index contributed by atoms with van der Waals surface area (Å²) in [6, 6.07) is 0. The van der Waals surface area contributed by atoms with Crippen molar-refractivity contribution >= 4 is 5.91 Å². The summed E-state index contributed by atoms with van der Waals surface area (Å²) in [5.74, 6) is 0.0710. The number of ether oxygens (including phenoxy) is 1. The molecule has 1 aliphatic heterocycles. The lowest BCUT2D eigenvalue weighted by Gasteiger charge is -2.47. The van der Waals surface area contributed by atoms with Gasteiger partial charge < -0.3 is 10.1 Å². The molecule has 5 nitrogen and oxygen atoms in total. The van der Waals surface area contributed by atoms with Gasteiger partial charge in [-0.2, -0.15) is 5.10 Å². The van der Waals surface area contributed by atoms with Crippen LogP contribution >= 0.6 is 0 Å². The minimum Gasteiger partial charge on any atom is -0.370 e. The summed E-state index contributed by atoms with van der Waals surface area (Å²) in [6.45, 7) is 0.646. The first-order valence-electron chi connectivity index (χ1n) is 9.24. The number of carbonyl (C=O) groups excluding carboxylic acids is 1. The smallest absolute Gasteiger partial charge is 0.226 e. The van der Waals surface area contributed by atoms with Crippen molar-refractivity contribution in [2.24, 2.45) is 0 Å². The van der Waals surface area contributed by atoms with E-state index in [1.165, 1.54) is 56.2 Å². The molecule has 1 spiro atoms. The van der Waals surface area contributed by atoms with E-state index in [9.17, 15) is 4.79 Å². The third-order valence-electron chi connectivity index (χ3n) is 5.84. The van der Waals surface area contributed by atoms with Gasteiger partial charge in [0.05, 0.1) is 23.8 Å². The number of nitrogens with one attached hydrogen (secondary N) is 2. The highest BCUT2D eigenvalue weighted by Gasteiger charge is 2.42. The third-order valence-corrected chi connectivity index (χ3v) is 5.84. The molecule has 5 heteroatoms. The van der Waals surface area contributed by atoms with Gasteiger partial charge in [-0.3, -0.25) is 9.89 Å². The molecule has 1 amide bonds. The van der Waals surface area contributed by atoms with Crippen molar-refractivity contribution < 1.29 is 9.53 Å². The Morgan fingerprint density at radius 2 is 2.04 bits per heavy atom. The van der Waals surface area contributed by atoms with Crippen LogP contribution in [0.15, 0.2) is 0 Å². The molecule has 0 bridgehead atoms. The van der Waals surface area contributed by atoms with E-state index in [-0.39, 0.29) is 17.6 Å². The fourth-order valence-electron chi connectivity index (χ4n) is 4.34. The maximum atomic E-state index is 12.3. The highest BCUT2D eigenvalue weighted by Crippen LogP contribution is 2.43. The second kappa shape index (κ2) is 6.27. The van der Waals surface area contributed by atoms with Gasteiger partial charge in [-0.05, 0) is 69.8 Å². The molecule has 2 N–H and O–H groups in total. The Bertz CT molecular complexity index is 577. The maximum Gasteiger partial charge on any atom is 0.226 e. The second-order valence-electron chi connectivity index (χ2n) is 7.48. The largest absolute Gasteiger partial charge is 0.370 e. The number of hydrogen-bond donors (Lipinski definition) is 2. The molecule has 0 aromatic carbocycles. The molecule has 2 aliphatic carbocycles. The minimum atomic E-state index is 0.0710. The topological polar surface area (TPSA) is 67.0 Å². The summed E-state index contributed by atoms with van der Waals surface area (Å²) in [4.78, 5) is 12.3. The standard InChI is InChI=1S/C18H27N3O2/c22-17(11-16-14-6-1-2-7-15(14)20-21-16)19-12-13-5-3-8-18(23-13)9-4-10-18/h13H,1-12H2,(H,19,22)(H,20,21)/t13-/m1/s1. The molecular formula is C18H27N3O2. The van der Waals surface area contributed by atoms with Crippen LogP contribution in [-0.4, -0.2) is 34.4 Å². The lowest BCUT2D eigenvalue weighted by Crippen LogP contribution is -2.49. The van der Waals surface area contributed by atoms with Crippen molar-refractivity contribution in [3.8, 4) is 0 Å². The van der Waals surface area contributed by atoms with Crippen molar-refractivity contribution in [3.05, 3.63) is 17.0 Å². The van der Waals surface area contributed by atoms with Crippen molar-refractivity contribution in [1.82, 2.24) is 15.5 Å². The van der Waals surface area contributed by atoms with Crippen LogP contribution in [0.5, 0.6) is 0 Å². The number of rotatable bonds is 4. The Labute approximate surface area is 137 Å². The summed E-state index contributed by atoms with van der Waals surface area (Å²) in [6.07, 6.45) is 12.4. The number of aromatic nitrogens is 2. The summed E-state index contributed by atoms with van der Waals surface area (Å²) in [5.41, 5.74) is 3.63. The molecule has 23 heavy (non-hydrogen) atoms. The third kappa shape index (κ3) is 3.16. The number of carbonyl (C=O) groups is 1. The van der Waals surface area contributed by atoms with Crippen LogP contribution in [0, 0.1) is 0 Å². The zero-order chi connectivity index (χ0) is 15.7. The van der Waals surface area contributed by atoms with E-state index < -0.39 is 0 Å². The summed E-state index contributed by atoms with van der Waals surface area (Å²) in [5, 5.41) is 10.5. The Morgan fingerprint density at radius 3 is 2.87 bits per heavy atom. The number of aryl methyl sites for hydroxylation is 1. The molecule has 0 radical (unpaired) electrons. The monoisotopic (exact) mass is 317 g/mol. The number of amides is 1. The van der Waals surface area contributed by atoms with Crippen LogP contribution in [0.1, 0.15) is 68.3 Å². The van der Waals surface area contributed by atoms with Gasteiger partial charge in [0.25, 0.3) is 0 Å². The van der Waals surface area contributed by atoms with E-state index in [1.54, 1.807) is 0 Å². The molecule has 126 valence electrons. The van der Waals surface area contributed by atoms with Gasteiger partial charge in [0.2, 0.25) is 5.91 Å². The molecule has 2 heterocycles. The fourth-order valence-corrected chi connectivity index (χ4v) is 4.34. The van der Waals surface area contributed by atoms with Crippen molar-refractivity contribution in [1.29, 1.82) is 0 Å². The van der Waals surface area contributed by atoms with Crippen molar-refractivity contribution in [2.75, 3.05) is 6.54 Å². The van der Waals surface area contributed by atoms with Crippen LogP contribution in [0.4, 0.5) is 0 Å². The highest BCUT2D eigenvalue weighted by molar-refractivity contribution is 5.78. The molecular weight excluding hydrogens is 290 g/mol. The van der Waals surface area contributed by atoms with Crippen LogP contribution in [-0.2, 0) is 28.8 Å². The van der Waals surface area contributed by atoms with Gasteiger partial charge in [0.1, 0.15) is 0 Å². The predicted molar refractivity (Wildman–Crippen MR) is 87.2 cm³/mol. The van der Waals surface area contributed by atoms with E-state index >= 15 is 0 Å². The van der Waals surface area contributed by atoms with E-state index in [2.05, 4.69) is 15.5 Å². The number of aromatic amines is 1. The molecule has 1 saturated carbocycles. The average molecular weight is 317 g/mol. The highest BCUT2D eigenvalue weighted by atomic mass is 16.5. The first kappa shape index (κ1) is 15.2. The van der Waals surface area contributed by atoms with Crippen molar-refractivity contribution in [3.63, 3.8) is 0 Å². The van der Waals surface area contributed by atoms with Crippen molar-refractivity contribution in [2.45, 2.75) is 82.3 Å². The van der Waals surface area contributed by atoms with E-state index in [0.717, 1.165) is 25.0 Å². The molecule has 1 aromatic rings. The first-order valence-corrected chi connectivity index (χ1v) is 9.24. The summed E-state index contributed by atoms with van der Waals surface area (Å²) < 4.78 is 6.25. The zero-order valence-electron chi connectivity index (χ0n) is 13.8. The van der Waals surface area contributed by atoms with Gasteiger partial charge in [-0.25, -0.2) is 0 Å². The summed E-state index contributed by atoms with van der Waals surface area (Å²) >= 11 is 0. The molecule has 0 unspecified atom stereocenters. The molecule has 4 rings (SSSR count). The molecule has 1 atom stereocenters. The van der Waals surface area contributed by atoms with E-state index in [1.807, 2.05) is 0 Å². The predicted octanol–water partition coefficient (Wildman–Crippen LogP) is 2.44. The minimum absolute atomic E-state index is 0.0710. The quantitative estimate of drug-likeness (QED) is 0.896. The molecule has 3 aliphatic rings. The summed E-state index contributed by atoms with van der Waals surface area (Å²) in [7, 11) is 0. The molecule has 2 fully saturated rings. The lowest BCUT2D eigenvalue weighted by atomic mass is 9.74. The maximum absolute atomic E-state index is 12.3. The van der Waals surface area contributed by atoms with Gasteiger partial charge in [-0.1, -0.05) is 0 Å².